The van der Waals surface area contributed by atoms with E-state index in [1.807, 2.05) is 6.92 Å². The molecule has 7 nitrogen and oxygen atoms in total. The smallest absolute Gasteiger partial charge is 0.278 e. The Morgan fingerprint density at radius 2 is 2.47 bits per heavy atom. The normalized spacial score (nSPS) is 18.3. The van der Waals surface area contributed by atoms with Gasteiger partial charge >= 0.3 is 0 Å². The van der Waals surface area contributed by atoms with Gasteiger partial charge in [0, 0.05) is 19.1 Å². The Hall–Kier alpha value is -1.89. The van der Waals surface area contributed by atoms with Crippen molar-refractivity contribution in [2.24, 2.45) is 5.92 Å². The average molecular weight is 267 g/mol. The first kappa shape index (κ1) is 13.5. The van der Waals surface area contributed by atoms with Gasteiger partial charge in [0.25, 0.3) is 5.69 Å². The highest BCUT2D eigenvalue weighted by Gasteiger charge is 2.18. The maximum atomic E-state index is 10.8. The second-order valence-corrected chi connectivity index (χ2v) is 4.38. The molecule has 1 unspecified atom stereocenters. The van der Waals surface area contributed by atoms with Crippen LogP contribution in [0.5, 0.6) is 5.88 Å². The molecular formula is C12H17N3O4. The van der Waals surface area contributed by atoms with Crippen LogP contribution in [0.25, 0.3) is 0 Å². The largest absolute Gasteiger partial charge is 0.477 e. The van der Waals surface area contributed by atoms with Crippen molar-refractivity contribution in [3.05, 3.63) is 22.2 Å². The highest BCUT2D eigenvalue weighted by Crippen LogP contribution is 2.23. The van der Waals surface area contributed by atoms with Crippen molar-refractivity contribution in [2.45, 2.75) is 13.3 Å². The number of pyridine rings is 1. The summed E-state index contributed by atoms with van der Waals surface area (Å²) in [5, 5.41) is 13.8. The van der Waals surface area contributed by atoms with Crippen molar-refractivity contribution in [1.82, 2.24) is 4.98 Å². The number of hydrogen-bond donors (Lipinski definition) is 1. The summed E-state index contributed by atoms with van der Waals surface area (Å²) < 4.78 is 10.8. The zero-order chi connectivity index (χ0) is 13.7. The molecule has 1 aromatic heterocycles. The lowest BCUT2D eigenvalue weighted by Crippen LogP contribution is -2.13. The fourth-order valence-electron chi connectivity index (χ4n) is 1.86. The first-order valence-electron chi connectivity index (χ1n) is 6.30. The predicted molar refractivity (Wildman–Crippen MR) is 69.5 cm³/mol. The van der Waals surface area contributed by atoms with E-state index in [4.69, 9.17) is 9.47 Å². The van der Waals surface area contributed by atoms with Crippen LogP contribution < -0.4 is 10.1 Å². The molecule has 1 N–H and O–H groups in total. The number of nitrogens with zero attached hydrogens (tertiary/aromatic N) is 2. The third-order valence-corrected chi connectivity index (χ3v) is 2.85. The number of ether oxygens (including phenoxy) is 2. The van der Waals surface area contributed by atoms with Gasteiger partial charge in [0.1, 0.15) is 5.82 Å². The Morgan fingerprint density at radius 1 is 1.63 bits per heavy atom. The van der Waals surface area contributed by atoms with Gasteiger partial charge in [-0.1, -0.05) is 0 Å². The number of anilines is 1. The van der Waals surface area contributed by atoms with Gasteiger partial charge in [-0.25, -0.2) is 0 Å². The van der Waals surface area contributed by atoms with E-state index in [0.29, 0.717) is 31.5 Å². The van der Waals surface area contributed by atoms with Crippen molar-refractivity contribution >= 4 is 11.5 Å². The van der Waals surface area contributed by atoms with E-state index in [1.165, 1.54) is 12.1 Å². The van der Waals surface area contributed by atoms with Crippen LogP contribution in [0.1, 0.15) is 13.3 Å². The summed E-state index contributed by atoms with van der Waals surface area (Å²) in [4.78, 5) is 14.6. The molecule has 1 aliphatic rings. The monoisotopic (exact) mass is 267 g/mol. The molecule has 1 saturated heterocycles. The number of rotatable bonds is 6. The summed E-state index contributed by atoms with van der Waals surface area (Å²) in [6.45, 7) is 4.44. The predicted octanol–water partition coefficient (Wildman–Crippen LogP) is 1.84. The van der Waals surface area contributed by atoms with Crippen LogP contribution in [0.4, 0.5) is 11.5 Å². The van der Waals surface area contributed by atoms with Crippen LogP contribution in [0.15, 0.2) is 12.1 Å². The Bertz CT molecular complexity index is 447. The molecule has 1 atom stereocenters. The Morgan fingerprint density at radius 3 is 3.11 bits per heavy atom. The van der Waals surface area contributed by atoms with Crippen molar-refractivity contribution in [3.63, 3.8) is 0 Å². The van der Waals surface area contributed by atoms with Crippen LogP contribution in [0, 0.1) is 16.0 Å². The van der Waals surface area contributed by atoms with Gasteiger partial charge in [-0.2, -0.15) is 4.98 Å². The maximum absolute atomic E-state index is 10.8. The van der Waals surface area contributed by atoms with Gasteiger partial charge in [-0.05, 0) is 13.3 Å². The van der Waals surface area contributed by atoms with E-state index < -0.39 is 4.92 Å². The summed E-state index contributed by atoms with van der Waals surface area (Å²) in [5.41, 5.74) is -0.0244. The molecule has 0 aliphatic carbocycles. The molecular weight excluding hydrogens is 250 g/mol. The molecule has 2 rings (SSSR count). The third-order valence-electron chi connectivity index (χ3n) is 2.85. The highest BCUT2D eigenvalue weighted by molar-refractivity contribution is 5.48. The molecule has 1 aromatic rings. The van der Waals surface area contributed by atoms with Crippen LogP contribution in [0.3, 0.4) is 0 Å². The van der Waals surface area contributed by atoms with E-state index in [1.54, 1.807) is 0 Å². The summed E-state index contributed by atoms with van der Waals surface area (Å²) >= 11 is 0. The molecule has 0 bridgehead atoms. The average Bonchev–Trinajstić information content (AvgIpc) is 2.89. The van der Waals surface area contributed by atoms with Crippen LogP contribution >= 0.6 is 0 Å². The lowest BCUT2D eigenvalue weighted by molar-refractivity contribution is -0.384. The first-order chi connectivity index (χ1) is 9.19. The third kappa shape index (κ3) is 3.78. The molecule has 1 aliphatic heterocycles. The van der Waals surface area contributed by atoms with Gasteiger partial charge in [0.05, 0.1) is 30.3 Å². The highest BCUT2D eigenvalue weighted by atomic mass is 16.6. The Balaban J connectivity index is 2.06. The summed E-state index contributed by atoms with van der Waals surface area (Å²) in [6.07, 6.45) is 0.953. The molecule has 0 amide bonds. The SMILES string of the molecule is CCNc1cc([N+](=O)[O-])cc(OCC2CCOC2)n1. The lowest BCUT2D eigenvalue weighted by Gasteiger charge is -2.10. The second kappa shape index (κ2) is 6.33. The Labute approximate surface area is 111 Å². The molecule has 0 radical (unpaired) electrons. The lowest BCUT2D eigenvalue weighted by atomic mass is 10.1. The summed E-state index contributed by atoms with van der Waals surface area (Å²) in [5.74, 6) is 1.06. The molecule has 7 heteroatoms. The fourth-order valence-corrected chi connectivity index (χ4v) is 1.86. The zero-order valence-corrected chi connectivity index (χ0v) is 10.8. The van der Waals surface area contributed by atoms with E-state index in [2.05, 4.69) is 10.3 Å². The van der Waals surface area contributed by atoms with Gasteiger partial charge < -0.3 is 14.8 Å². The Kier molecular flexibility index (Phi) is 4.51. The molecule has 19 heavy (non-hydrogen) atoms. The minimum absolute atomic E-state index is 0.0244. The maximum Gasteiger partial charge on any atom is 0.278 e. The van der Waals surface area contributed by atoms with E-state index >= 15 is 0 Å². The standard InChI is InChI=1S/C12H17N3O4/c1-2-13-11-5-10(15(16)17)6-12(14-11)19-8-9-3-4-18-7-9/h5-6,9H,2-4,7-8H2,1H3,(H,13,14). The van der Waals surface area contributed by atoms with Crippen molar-refractivity contribution in [1.29, 1.82) is 0 Å². The molecule has 2 heterocycles. The number of aromatic nitrogens is 1. The minimum atomic E-state index is -0.450. The number of nitro groups is 1. The van der Waals surface area contributed by atoms with E-state index in [9.17, 15) is 10.1 Å². The van der Waals surface area contributed by atoms with Crippen molar-refractivity contribution in [2.75, 3.05) is 31.7 Å². The number of hydrogen-bond acceptors (Lipinski definition) is 6. The molecule has 104 valence electrons. The van der Waals surface area contributed by atoms with Gasteiger partial charge in [-0.15, -0.1) is 0 Å². The minimum Gasteiger partial charge on any atom is -0.477 e. The van der Waals surface area contributed by atoms with E-state index in [0.717, 1.165) is 13.0 Å². The van der Waals surface area contributed by atoms with Crippen LogP contribution in [0.2, 0.25) is 0 Å². The van der Waals surface area contributed by atoms with Gasteiger partial charge in [0.15, 0.2) is 0 Å². The van der Waals surface area contributed by atoms with Crippen LogP contribution in [-0.2, 0) is 4.74 Å². The van der Waals surface area contributed by atoms with E-state index in [-0.39, 0.29) is 11.6 Å². The second-order valence-electron chi connectivity index (χ2n) is 4.38. The zero-order valence-electron chi connectivity index (χ0n) is 10.8. The summed E-state index contributed by atoms with van der Waals surface area (Å²) in [7, 11) is 0. The van der Waals surface area contributed by atoms with Gasteiger partial charge in [-0.3, -0.25) is 10.1 Å². The molecule has 0 aromatic carbocycles. The van der Waals surface area contributed by atoms with Crippen LogP contribution in [-0.4, -0.2) is 36.3 Å². The molecule has 0 saturated carbocycles. The fraction of sp³-hybridized carbons (Fsp3) is 0.583. The molecule has 1 fully saturated rings. The quantitative estimate of drug-likeness (QED) is 0.625. The summed E-state index contributed by atoms with van der Waals surface area (Å²) in [6, 6.07) is 2.74. The molecule has 0 spiro atoms. The van der Waals surface area contributed by atoms with Crippen molar-refractivity contribution < 1.29 is 14.4 Å². The van der Waals surface area contributed by atoms with Crippen molar-refractivity contribution in [3.8, 4) is 5.88 Å². The first-order valence-corrected chi connectivity index (χ1v) is 6.30. The van der Waals surface area contributed by atoms with Gasteiger partial charge in [0.2, 0.25) is 5.88 Å². The topological polar surface area (TPSA) is 86.5 Å². The number of nitrogens with one attached hydrogen (secondary N) is 1.